The number of benzene rings is 1. The fourth-order valence-corrected chi connectivity index (χ4v) is 3.74. The Bertz CT molecular complexity index is 564. The molecule has 1 saturated heterocycles. The predicted octanol–water partition coefficient (Wildman–Crippen LogP) is 3.51. The molecule has 0 radical (unpaired) electrons. The van der Waals surface area contributed by atoms with Crippen molar-refractivity contribution in [2.45, 2.75) is 57.6 Å². The van der Waals surface area contributed by atoms with Gasteiger partial charge in [0.1, 0.15) is 6.07 Å². The van der Waals surface area contributed by atoms with Crippen LogP contribution in [-0.4, -0.2) is 30.3 Å². The molecule has 2 aliphatic rings. The van der Waals surface area contributed by atoms with Gasteiger partial charge in [-0.3, -0.25) is 0 Å². The molecule has 0 amide bonds. The standard InChI is InChI=1S/C19H27N3O/c1-14-2-4-16(5-3-14)21-17-6-7-19(15(12-17)13-20)22-10-8-18(23)9-11-22/h6-7,12,14,16,18,21,23H,2-5,8-11H2,1H3. The number of aliphatic hydroxyl groups is 1. The van der Waals surface area contributed by atoms with E-state index in [-0.39, 0.29) is 6.10 Å². The first-order chi connectivity index (χ1) is 11.2. The summed E-state index contributed by atoms with van der Waals surface area (Å²) in [7, 11) is 0. The Hall–Kier alpha value is -1.73. The molecule has 0 spiro atoms. The van der Waals surface area contributed by atoms with E-state index in [9.17, 15) is 10.4 Å². The molecule has 23 heavy (non-hydrogen) atoms. The highest BCUT2D eigenvalue weighted by Crippen LogP contribution is 2.29. The second-order valence-corrected chi connectivity index (χ2v) is 7.16. The van der Waals surface area contributed by atoms with E-state index in [4.69, 9.17) is 0 Å². The average molecular weight is 313 g/mol. The number of anilines is 2. The summed E-state index contributed by atoms with van der Waals surface area (Å²) in [5.41, 5.74) is 2.79. The summed E-state index contributed by atoms with van der Waals surface area (Å²) >= 11 is 0. The molecule has 1 aliphatic heterocycles. The lowest BCUT2D eigenvalue weighted by Crippen LogP contribution is -2.36. The van der Waals surface area contributed by atoms with Crippen LogP contribution in [0.1, 0.15) is 51.0 Å². The van der Waals surface area contributed by atoms with Gasteiger partial charge in [0.05, 0.1) is 17.4 Å². The van der Waals surface area contributed by atoms with E-state index in [1.165, 1.54) is 25.7 Å². The summed E-state index contributed by atoms with van der Waals surface area (Å²) in [4.78, 5) is 2.22. The first-order valence-electron chi connectivity index (χ1n) is 8.89. The maximum Gasteiger partial charge on any atom is 0.101 e. The van der Waals surface area contributed by atoms with Crippen LogP contribution in [0.4, 0.5) is 11.4 Å². The van der Waals surface area contributed by atoms with Crippen molar-refractivity contribution in [2.24, 2.45) is 5.92 Å². The van der Waals surface area contributed by atoms with E-state index in [1.807, 2.05) is 6.07 Å². The minimum absolute atomic E-state index is 0.189. The molecule has 2 fully saturated rings. The molecule has 0 unspecified atom stereocenters. The maximum atomic E-state index is 9.64. The van der Waals surface area contributed by atoms with Crippen LogP contribution < -0.4 is 10.2 Å². The SMILES string of the molecule is CC1CCC(Nc2ccc(N3CCC(O)CC3)c(C#N)c2)CC1. The van der Waals surface area contributed by atoms with Gasteiger partial charge in [0.25, 0.3) is 0 Å². The summed E-state index contributed by atoms with van der Waals surface area (Å²) in [5, 5.41) is 22.8. The van der Waals surface area contributed by atoms with Gasteiger partial charge >= 0.3 is 0 Å². The van der Waals surface area contributed by atoms with E-state index in [0.29, 0.717) is 6.04 Å². The molecule has 4 nitrogen and oxygen atoms in total. The third-order valence-corrected chi connectivity index (χ3v) is 5.31. The zero-order valence-electron chi connectivity index (χ0n) is 14.0. The minimum Gasteiger partial charge on any atom is -0.393 e. The third kappa shape index (κ3) is 3.97. The first-order valence-corrected chi connectivity index (χ1v) is 8.89. The Labute approximate surface area is 139 Å². The number of hydrogen-bond acceptors (Lipinski definition) is 4. The van der Waals surface area contributed by atoms with Crippen LogP contribution in [0.5, 0.6) is 0 Å². The summed E-state index contributed by atoms with van der Waals surface area (Å²) in [6.45, 7) is 3.97. The van der Waals surface area contributed by atoms with Gasteiger partial charge in [-0.15, -0.1) is 0 Å². The lowest BCUT2D eigenvalue weighted by Gasteiger charge is -2.32. The van der Waals surface area contributed by atoms with Crippen LogP contribution in [0.25, 0.3) is 0 Å². The average Bonchev–Trinajstić information content (AvgIpc) is 2.58. The van der Waals surface area contributed by atoms with Crippen LogP contribution >= 0.6 is 0 Å². The van der Waals surface area contributed by atoms with E-state index < -0.39 is 0 Å². The summed E-state index contributed by atoms with van der Waals surface area (Å²) in [5.74, 6) is 0.847. The molecule has 1 aliphatic carbocycles. The third-order valence-electron chi connectivity index (χ3n) is 5.31. The number of nitrogens with zero attached hydrogens (tertiary/aromatic N) is 2. The summed E-state index contributed by atoms with van der Waals surface area (Å²) in [6, 6.07) is 9.02. The molecule has 0 aromatic heterocycles. The number of nitrogens with one attached hydrogen (secondary N) is 1. The molecular formula is C19H27N3O. The highest BCUT2D eigenvalue weighted by atomic mass is 16.3. The molecule has 1 aromatic carbocycles. The van der Waals surface area contributed by atoms with E-state index in [1.54, 1.807) is 0 Å². The number of piperidine rings is 1. The van der Waals surface area contributed by atoms with Gasteiger partial charge in [-0.2, -0.15) is 5.26 Å². The second-order valence-electron chi connectivity index (χ2n) is 7.16. The summed E-state index contributed by atoms with van der Waals surface area (Å²) in [6.07, 6.45) is 6.39. The van der Waals surface area contributed by atoms with Crippen LogP contribution in [-0.2, 0) is 0 Å². The van der Waals surface area contributed by atoms with Crippen molar-refractivity contribution < 1.29 is 5.11 Å². The zero-order chi connectivity index (χ0) is 16.2. The Morgan fingerprint density at radius 2 is 1.83 bits per heavy atom. The largest absolute Gasteiger partial charge is 0.393 e. The molecule has 4 heteroatoms. The number of hydrogen-bond donors (Lipinski definition) is 2. The molecule has 1 aromatic rings. The molecule has 0 atom stereocenters. The van der Waals surface area contributed by atoms with Gasteiger partial charge < -0.3 is 15.3 Å². The van der Waals surface area contributed by atoms with Gasteiger partial charge in [-0.25, -0.2) is 0 Å². The van der Waals surface area contributed by atoms with Crippen LogP contribution in [0, 0.1) is 17.2 Å². The molecule has 1 saturated carbocycles. The summed E-state index contributed by atoms with van der Waals surface area (Å²) < 4.78 is 0. The first kappa shape index (κ1) is 16.1. The number of nitriles is 1. The van der Waals surface area contributed by atoms with E-state index in [2.05, 4.69) is 35.3 Å². The molecular weight excluding hydrogens is 286 g/mol. The van der Waals surface area contributed by atoms with Crippen molar-refractivity contribution in [1.29, 1.82) is 5.26 Å². The van der Waals surface area contributed by atoms with Crippen LogP contribution in [0.2, 0.25) is 0 Å². The number of rotatable bonds is 3. The van der Waals surface area contributed by atoms with Gasteiger partial charge in [0.2, 0.25) is 0 Å². The Balaban J connectivity index is 1.68. The lowest BCUT2D eigenvalue weighted by molar-refractivity contribution is 0.145. The highest BCUT2D eigenvalue weighted by molar-refractivity contribution is 5.65. The normalized spacial score (nSPS) is 25.9. The van der Waals surface area contributed by atoms with Crippen molar-refractivity contribution in [2.75, 3.05) is 23.3 Å². The fraction of sp³-hybridized carbons (Fsp3) is 0.632. The predicted molar refractivity (Wildman–Crippen MR) is 93.7 cm³/mol. The molecule has 124 valence electrons. The second kappa shape index (κ2) is 7.23. The highest BCUT2D eigenvalue weighted by Gasteiger charge is 2.21. The van der Waals surface area contributed by atoms with Gasteiger partial charge in [-0.1, -0.05) is 6.92 Å². The van der Waals surface area contributed by atoms with Gasteiger partial charge in [0, 0.05) is 24.8 Å². The smallest absolute Gasteiger partial charge is 0.101 e. The van der Waals surface area contributed by atoms with Gasteiger partial charge in [-0.05, 0) is 62.6 Å². The Morgan fingerprint density at radius 3 is 2.48 bits per heavy atom. The quantitative estimate of drug-likeness (QED) is 0.896. The van der Waals surface area contributed by atoms with Gasteiger partial charge in [0.15, 0.2) is 0 Å². The monoisotopic (exact) mass is 313 g/mol. The Kier molecular flexibility index (Phi) is 5.07. The van der Waals surface area contributed by atoms with Crippen molar-refractivity contribution in [3.8, 4) is 6.07 Å². The van der Waals surface area contributed by atoms with Crippen LogP contribution in [0.3, 0.4) is 0 Å². The van der Waals surface area contributed by atoms with E-state index >= 15 is 0 Å². The zero-order valence-corrected chi connectivity index (χ0v) is 14.0. The lowest BCUT2D eigenvalue weighted by atomic mass is 9.87. The molecule has 1 heterocycles. The van der Waals surface area contributed by atoms with Crippen molar-refractivity contribution in [3.05, 3.63) is 23.8 Å². The van der Waals surface area contributed by atoms with Crippen molar-refractivity contribution >= 4 is 11.4 Å². The minimum atomic E-state index is -0.189. The Morgan fingerprint density at radius 1 is 1.13 bits per heavy atom. The maximum absolute atomic E-state index is 9.64. The van der Waals surface area contributed by atoms with Crippen molar-refractivity contribution in [1.82, 2.24) is 0 Å². The number of aliphatic hydroxyl groups excluding tert-OH is 1. The van der Waals surface area contributed by atoms with E-state index in [0.717, 1.165) is 48.8 Å². The topological polar surface area (TPSA) is 59.3 Å². The molecule has 3 rings (SSSR count). The van der Waals surface area contributed by atoms with Crippen LogP contribution in [0.15, 0.2) is 18.2 Å². The molecule has 0 bridgehead atoms. The van der Waals surface area contributed by atoms with Crippen molar-refractivity contribution in [3.63, 3.8) is 0 Å². The fourth-order valence-electron chi connectivity index (χ4n) is 3.74. The molecule has 2 N–H and O–H groups in total.